The molecule has 0 fully saturated rings. The Labute approximate surface area is 66.3 Å². The van der Waals surface area contributed by atoms with Crippen molar-refractivity contribution in [3.05, 3.63) is 11.4 Å². The lowest BCUT2D eigenvalue weighted by Gasteiger charge is -2.07. The van der Waals surface area contributed by atoms with Crippen LogP contribution in [-0.4, -0.2) is 5.78 Å². The lowest BCUT2D eigenvalue weighted by Crippen LogP contribution is -2.03. The van der Waals surface area contributed by atoms with Crippen molar-refractivity contribution in [3.8, 4) is 0 Å². The second kappa shape index (κ2) is 3.65. The first kappa shape index (κ1) is 8.44. The minimum Gasteiger partial charge on any atom is -0.292 e. The molecule has 0 aromatic carbocycles. The van der Waals surface area contributed by atoms with Crippen molar-refractivity contribution in [1.82, 2.24) is 0 Å². The highest BCUT2D eigenvalue weighted by Gasteiger charge is 2.14. The van der Waals surface area contributed by atoms with Crippen molar-refractivity contribution in [2.75, 3.05) is 0 Å². The van der Waals surface area contributed by atoms with Crippen LogP contribution >= 0.6 is 0 Å². The molecule has 1 rings (SSSR count). The van der Waals surface area contributed by atoms with Gasteiger partial charge < -0.3 is 0 Å². The van der Waals surface area contributed by atoms with Gasteiger partial charge in [-0.25, -0.2) is 4.39 Å². The van der Waals surface area contributed by atoms with Gasteiger partial charge in [0.05, 0.1) is 0 Å². The molecule has 0 bridgehead atoms. The van der Waals surface area contributed by atoms with Crippen molar-refractivity contribution in [3.63, 3.8) is 0 Å². The Morgan fingerprint density at radius 1 is 1.18 bits per heavy atom. The fourth-order valence-electron chi connectivity index (χ4n) is 1.31. The number of allylic oxidation sites excluding steroid dienone is 2. The summed E-state index contributed by atoms with van der Waals surface area (Å²) < 4.78 is 12.9. The van der Waals surface area contributed by atoms with E-state index in [1.165, 1.54) is 0 Å². The van der Waals surface area contributed by atoms with Crippen LogP contribution in [0.3, 0.4) is 0 Å². The van der Waals surface area contributed by atoms with E-state index in [1.807, 2.05) is 0 Å². The highest BCUT2D eigenvalue weighted by atomic mass is 19.1. The quantitative estimate of drug-likeness (QED) is 0.527. The highest BCUT2D eigenvalue weighted by molar-refractivity contribution is 5.93. The van der Waals surface area contributed by atoms with Crippen LogP contribution in [0.25, 0.3) is 0 Å². The maximum Gasteiger partial charge on any atom is 0.191 e. The van der Waals surface area contributed by atoms with Gasteiger partial charge in [-0.15, -0.1) is 0 Å². The first-order valence-corrected chi connectivity index (χ1v) is 4.10. The number of Topliss-reactive ketones (excluding diaryl/α,β-unsaturated/α-hetero) is 1. The number of hydrogen-bond acceptors (Lipinski definition) is 1. The van der Waals surface area contributed by atoms with E-state index in [-0.39, 0.29) is 5.78 Å². The van der Waals surface area contributed by atoms with Crippen LogP contribution in [0.2, 0.25) is 0 Å². The smallest absolute Gasteiger partial charge is 0.191 e. The maximum absolute atomic E-state index is 12.9. The Hall–Kier alpha value is -0.660. The Balaban J connectivity index is 2.74. The Bertz CT molecular complexity index is 194. The minimum absolute atomic E-state index is 0.304. The number of ketones is 1. The summed E-state index contributed by atoms with van der Waals surface area (Å²) in [5.74, 6) is -0.785. The molecule has 0 heterocycles. The number of carbonyl (C=O) groups is 1. The molecule has 0 saturated carbocycles. The monoisotopic (exact) mass is 156 g/mol. The van der Waals surface area contributed by atoms with Crippen molar-refractivity contribution in [2.45, 2.75) is 39.0 Å². The van der Waals surface area contributed by atoms with E-state index in [1.54, 1.807) is 6.92 Å². The van der Waals surface area contributed by atoms with E-state index in [9.17, 15) is 9.18 Å². The summed E-state index contributed by atoms with van der Waals surface area (Å²) in [6, 6.07) is 0. The predicted molar refractivity (Wildman–Crippen MR) is 41.9 cm³/mol. The van der Waals surface area contributed by atoms with Crippen LogP contribution in [0.5, 0.6) is 0 Å². The Kier molecular flexibility index (Phi) is 2.80. The van der Waals surface area contributed by atoms with Crippen LogP contribution < -0.4 is 0 Å². The van der Waals surface area contributed by atoms with Gasteiger partial charge in [-0.3, -0.25) is 4.79 Å². The van der Waals surface area contributed by atoms with Crippen molar-refractivity contribution >= 4 is 5.78 Å². The molecule has 0 unspecified atom stereocenters. The highest BCUT2D eigenvalue weighted by Crippen LogP contribution is 2.20. The van der Waals surface area contributed by atoms with Gasteiger partial charge in [0.15, 0.2) is 11.6 Å². The average molecular weight is 156 g/mol. The van der Waals surface area contributed by atoms with E-state index < -0.39 is 5.83 Å². The third-order valence-electron chi connectivity index (χ3n) is 2.08. The summed E-state index contributed by atoms with van der Waals surface area (Å²) >= 11 is 0. The van der Waals surface area contributed by atoms with E-state index in [0.717, 1.165) is 25.7 Å². The molecule has 2 heteroatoms. The lowest BCUT2D eigenvalue weighted by atomic mass is 9.99. The normalized spacial score (nSPS) is 28.0. The zero-order valence-electron chi connectivity index (χ0n) is 6.82. The zero-order chi connectivity index (χ0) is 8.27. The molecule has 1 aliphatic carbocycles. The summed E-state index contributed by atoms with van der Waals surface area (Å²) in [6.45, 7) is 1.71. The van der Waals surface area contributed by atoms with Crippen LogP contribution in [0.1, 0.15) is 39.0 Å². The third kappa shape index (κ3) is 2.14. The third-order valence-corrected chi connectivity index (χ3v) is 2.08. The molecule has 0 N–H and O–H groups in total. The minimum atomic E-state index is -0.482. The lowest BCUT2D eigenvalue weighted by molar-refractivity contribution is -0.117. The van der Waals surface area contributed by atoms with Gasteiger partial charge in [0.2, 0.25) is 0 Å². The number of halogens is 1. The predicted octanol–water partition coefficient (Wildman–Crippen LogP) is 2.76. The number of hydrogen-bond donors (Lipinski definition) is 0. The molecule has 0 radical (unpaired) electrons. The number of rotatable bonds is 0. The second-order valence-electron chi connectivity index (χ2n) is 3.08. The van der Waals surface area contributed by atoms with Gasteiger partial charge in [0.1, 0.15) is 0 Å². The molecular weight excluding hydrogens is 143 g/mol. The summed E-state index contributed by atoms with van der Waals surface area (Å²) in [6.07, 6.45) is 4.06. The van der Waals surface area contributed by atoms with Gasteiger partial charge in [0, 0.05) is 6.42 Å². The summed E-state index contributed by atoms with van der Waals surface area (Å²) in [5.41, 5.74) is 0.634. The summed E-state index contributed by atoms with van der Waals surface area (Å²) in [7, 11) is 0. The topological polar surface area (TPSA) is 17.1 Å². The molecule has 62 valence electrons. The Morgan fingerprint density at radius 2 is 1.82 bits per heavy atom. The molecular formula is C9H13FO. The van der Waals surface area contributed by atoms with E-state index in [4.69, 9.17) is 0 Å². The van der Waals surface area contributed by atoms with Crippen LogP contribution in [0.4, 0.5) is 4.39 Å². The van der Waals surface area contributed by atoms with E-state index >= 15 is 0 Å². The standard InChI is InChI=1S/C9H13FO/c1-7-5-3-2-4-6-8(11)9(7)10/h2-6H2,1H3/b9-7+. The van der Waals surface area contributed by atoms with Crippen LogP contribution in [0.15, 0.2) is 11.4 Å². The molecule has 0 amide bonds. The first-order valence-electron chi connectivity index (χ1n) is 4.10. The van der Waals surface area contributed by atoms with Gasteiger partial charge >= 0.3 is 0 Å². The van der Waals surface area contributed by atoms with Crippen molar-refractivity contribution in [2.24, 2.45) is 0 Å². The van der Waals surface area contributed by atoms with Gasteiger partial charge in [-0.05, 0) is 31.8 Å². The largest absolute Gasteiger partial charge is 0.292 e. The zero-order valence-corrected chi connectivity index (χ0v) is 6.82. The van der Waals surface area contributed by atoms with Crippen LogP contribution in [0, 0.1) is 0 Å². The second-order valence-corrected chi connectivity index (χ2v) is 3.08. The summed E-state index contributed by atoms with van der Waals surface area (Å²) in [5, 5.41) is 0. The van der Waals surface area contributed by atoms with Gasteiger partial charge in [0.25, 0.3) is 0 Å². The van der Waals surface area contributed by atoms with Crippen LogP contribution in [-0.2, 0) is 4.79 Å². The molecule has 0 saturated heterocycles. The first-order chi connectivity index (χ1) is 5.22. The van der Waals surface area contributed by atoms with Gasteiger partial charge in [-0.2, -0.15) is 0 Å². The molecule has 0 aliphatic heterocycles. The molecule has 0 aromatic heterocycles. The molecule has 1 nitrogen and oxygen atoms in total. The summed E-state index contributed by atoms with van der Waals surface area (Å²) in [4.78, 5) is 10.9. The fraction of sp³-hybridized carbons (Fsp3) is 0.667. The fourth-order valence-corrected chi connectivity index (χ4v) is 1.31. The average Bonchev–Trinajstić information content (AvgIpc) is 2.00. The maximum atomic E-state index is 12.9. The number of carbonyl (C=O) groups excluding carboxylic acids is 1. The molecule has 11 heavy (non-hydrogen) atoms. The van der Waals surface area contributed by atoms with Gasteiger partial charge in [-0.1, -0.05) is 6.42 Å². The molecule has 0 atom stereocenters. The SMILES string of the molecule is C/C1=C(\F)C(=O)CCCCC1. The molecule has 1 aliphatic rings. The van der Waals surface area contributed by atoms with E-state index in [2.05, 4.69) is 0 Å². The van der Waals surface area contributed by atoms with Crippen molar-refractivity contribution in [1.29, 1.82) is 0 Å². The Morgan fingerprint density at radius 3 is 2.55 bits per heavy atom. The van der Waals surface area contributed by atoms with E-state index in [0.29, 0.717) is 12.0 Å². The molecule has 0 spiro atoms. The van der Waals surface area contributed by atoms with Crippen molar-refractivity contribution < 1.29 is 9.18 Å². The molecule has 0 aromatic rings.